The summed E-state index contributed by atoms with van der Waals surface area (Å²) in [6.07, 6.45) is 3.23. The minimum Gasteiger partial charge on any atom is -0.328 e. The maximum atomic E-state index is 12.4. The molecule has 1 aromatic carbocycles. The number of anilines is 1. The van der Waals surface area contributed by atoms with E-state index in [4.69, 9.17) is 0 Å². The van der Waals surface area contributed by atoms with Crippen molar-refractivity contribution in [2.75, 3.05) is 5.32 Å². The van der Waals surface area contributed by atoms with E-state index in [-0.39, 0.29) is 5.56 Å². The Hall–Kier alpha value is -3.32. The lowest BCUT2D eigenvalue weighted by Gasteiger charge is -2.09. The molecule has 4 rings (SSSR count). The van der Waals surface area contributed by atoms with E-state index >= 15 is 0 Å². The van der Waals surface area contributed by atoms with Gasteiger partial charge in [0.05, 0.1) is 0 Å². The lowest BCUT2D eigenvalue weighted by atomic mass is 10.1. The molecule has 3 aromatic heterocycles. The molecule has 0 spiro atoms. The number of rotatable bonds is 3. The standard InChI is InChI=1S/C19H14N4O2S/c1-11-6-7-12(18-23-14-5-3-9-21-19(14)26-18)10-15(11)22-17(25)13-4-2-8-20-16(13)24/h2-10H,1H3,(H,20,24)(H,22,25). The van der Waals surface area contributed by atoms with Gasteiger partial charge in [0.1, 0.15) is 20.9 Å². The van der Waals surface area contributed by atoms with Gasteiger partial charge in [-0.3, -0.25) is 9.59 Å². The zero-order chi connectivity index (χ0) is 18.1. The highest BCUT2D eigenvalue weighted by Crippen LogP contribution is 2.31. The molecule has 0 aliphatic rings. The predicted molar refractivity (Wildman–Crippen MR) is 103 cm³/mol. The summed E-state index contributed by atoms with van der Waals surface area (Å²) in [5.41, 5.74) is 2.92. The van der Waals surface area contributed by atoms with E-state index in [9.17, 15) is 9.59 Å². The Balaban J connectivity index is 1.69. The second-order valence-corrected chi connectivity index (χ2v) is 6.72. The quantitative estimate of drug-likeness (QED) is 0.583. The summed E-state index contributed by atoms with van der Waals surface area (Å²) in [4.78, 5) is 36.5. The van der Waals surface area contributed by atoms with Crippen LogP contribution < -0.4 is 10.9 Å². The van der Waals surface area contributed by atoms with Crippen molar-refractivity contribution in [3.8, 4) is 10.6 Å². The van der Waals surface area contributed by atoms with Gasteiger partial charge in [0.15, 0.2) is 0 Å². The number of carbonyl (C=O) groups excluding carboxylic acids is 1. The molecule has 0 saturated carbocycles. The fraction of sp³-hybridized carbons (Fsp3) is 0.0526. The van der Waals surface area contributed by atoms with Crippen LogP contribution in [0.5, 0.6) is 0 Å². The number of hydrogen-bond donors (Lipinski definition) is 2. The minimum atomic E-state index is -0.446. The van der Waals surface area contributed by atoms with E-state index in [2.05, 4.69) is 20.3 Å². The van der Waals surface area contributed by atoms with Crippen molar-refractivity contribution < 1.29 is 4.79 Å². The van der Waals surface area contributed by atoms with Crippen LogP contribution in [0, 0.1) is 6.92 Å². The molecule has 0 saturated heterocycles. The normalized spacial score (nSPS) is 10.8. The van der Waals surface area contributed by atoms with Crippen molar-refractivity contribution in [1.29, 1.82) is 0 Å². The van der Waals surface area contributed by atoms with Crippen LogP contribution in [0.1, 0.15) is 15.9 Å². The number of hydrogen-bond acceptors (Lipinski definition) is 5. The van der Waals surface area contributed by atoms with Crippen LogP contribution in [0.25, 0.3) is 20.9 Å². The molecule has 4 aromatic rings. The Kier molecular flexibility index (Phi) is 4.06. The Morgan fingerprint density at radius 1 is 1.19 bits per heavy atom. The number of pyridine rings is 2. The number of benzene rings is 1. The zero-order valence-corrected chi connectivity index (χ0v) is 14.6. The lowest BCUT2D eigenvalue weighted by molar-refractivity contribution is 0.102. The Morgan fingerprint density at radius 2 is 2.08 bits per heavy atom. The molecule has 0 fully saturated rings. The molecule has 1 amide bonds. The number of H-pyrrole nitrogens is 1. The number of fused-ring (bicyclic) bond motifs is 1. The number of carbonyl (C=O) groups is 1. The highest BCUT2D eigenvalue weighted by molar-refractivity contribution is 7.21. The van der Waals surface area contributed by atoms with Crippen molar-refractivity contribution in [3.63, 3.8) is 0 Å². The van der Waals surface area contributed by atoms with Crippen LogP contribution in [-0.2, 0) is 0 Å². The van der Waals surface area contributed by atoms with Crippen LogP contribution in [0.3, 0.4) is 0 Å². The summed E-state index contributed by atoms with van der Waals surface area (Å²) < 4.78 is 0. The summed E-state index contributed by atoms with van der Waals surface area (Å²) in [5, 5.41) is 3.64. The number of nitrogens with one attached hydrogen (secondary N) is 2. The average Bonchev–Trinajstić information content (AvgIpc) is 3.08. The van der Waals surface area contributed by atoms with Gasteiger partial charge in [-0.05, 0) is 42.8 Å². The van der Waals surface area contributed by atoms with Crippen LogP contribution in [0.4, 0.5) is 5.69 Å². The van der Waals surface area contributed by atoms with Crippen molar-refractivity contribution in [3.05, 3.63) is 76.3 Å². The van der Waals surface area contributed by atoms with Crippen LogP contribution in [0.2, 0.25) is 0 Å². The number of amides is 1. The maximum Gasteiger partial charge on any atom is 0.261 e. The molecule has 0 aliphatic carbocycles. The third-order valence-corrected chi connectivity index (χ3v) is 4.99. The summed E-state index contributed by atoms with van der Waals surface area (Å²) in [6, 6.07) is 12.6. The SMILES string of the molecule is Cc1ccc(-c2nc3cccnc3s2)cc1NC(=O)c1ccc[nH]c1=O. The minimum absolute atomic E-state index is 0.0708. The van der Waals surface area contributed by atoms with Gasteiger partial charge >= 0.3 is 0 Å². The number of nitrogens with zero attached hydrogens (tertiary/aromatic N) is 2. The highest BCUT2D eigenvalue weighted by Gasteiger charge is 2.13. The number of aromatic amines is 1. The van der Waals surface area contributed by atoms with Gasteiger partial charge in [-0.15, -0.1) is 0 Å². The molecular formula is C19H14N4O2S. The third-order valence-electron chi connectivity index (χ3n) is 3.96. The van der Waals surface area contributed by atoms with Gasteiger partial charge in [0.2, 0.25) is 0 Å². The monoisotopic (exact) mass is 362 g/mol. The first kappa shape index (κ1) is 16.2. The molecule has 0 bridgehead atoms. The fourth-order valence-corrected chi connectivity index (χ4v) is 3.48. The molecule has 128 valence electrons. The molecular weight excluding hydrogens is 348 g/mol. The topological polar surface area (TPSA) is 87.7 Å². The van der Waals surface area contributed by atoms with Gasteiger partial charge in [-0.2, -0.15) is 0 Å². The van der Waals surface area contributed by atoms with Crippen LogP contribution in [0.15, 0.2) is 59.7 Å². The lowest BCUT2D eigenvalue weighted by Crippen LogP contribution is -2.22. The van der Waals surface area contributed by atoms with Crippen LogP contribution in [-0.4, -0.2) is 20.9 Å². The first-order valence-corrected chi connectivity index (χ1v) is 8.75. The molecule has 7 heteroatoms. The average molecular weight is 362 g/mol. The van der Waals surface area contributed by atoms with E-state index in [1.807, 2.05) is 37.3 Å². The maximum absolute atomic E-state index is 12.4. The molecule has 0 atom stereocenters. The van der Waals surface area contributed by atoms with E-state index in [0.29, 0.717) is 5.69 Å². The van der Waals surface area contributed by atoms with Crippen molar-refractivity contribution in [2.24, 2.45) is 0 Å². The third kappa shape index (κ3) is 3.00. The van der Waals surface area contributed by atoms with Crippen molar-refractivity contribution >= 4 is 33.3 Å². The molecule has 26 heavy (non-hydrogen) atoms. The van der Waals surface area contributed by atoms with E-state index < -0.39 is 11.5 Å². The summed E-state index contributed by atoms with van der Waals surface area (Å²) in [5.74, 6) is -0.446. The summed E-state index contributed by atoms with van der Waals surface area (Å²) >= 11 is 1.49. The number of aromatic nitrogens is 3. The molecule has 0 unspecified atom stereocenters. The van der Waals surface area contributed by atoms with Gasteiger partial charge in [-0.25, -0.2) is 9.97 Å². The second kappa shape index (κ2) is 6.53. The highest BCUT2D eigenvalue weighted by atomic mass is 32.1. The van der Waals surface area contributed by atoms with Gasteiger partial charge < -0.3 is 10.3 Å². The largest absolute Gasteiger partial charge is 0.328 e. The van der Waals surface area contributed by atoms with E-state index in [0.717, 1.165) is 26.5 Å². The smallest absolute Gasteiger partial charge is 0.261 e. The van der Waals surface area contributed by atoms with Crippen molar-refractivity contribution in [1.82, 2.24) is 15.0 Å². The molecule has 6 nitrogen and oxygen atoms in total. The molecule has 0 aliphatic heterocycles. The Bertz CT molecular complexity index is 1150. The number of thiazole rings is 1. The number of aryl methyl sites for hydroxylation is 1. The second-order valence-electron chi connectivity index (χ2n) is 5.74. The van der Waals surface area contributed by atoms with Gasteiger partial charge in [-0.1, -0.05) is 23.5 Å². The Morgan fingerprint density at radius 3 is 2.88 bits per heavy atom. The first-order valence-electron chi connectivity index (χ1n) is 7.93. The summed E-state index contributed by atoms with van der Waals surface area (Å²) in [6.45, 7) is 1.90. The first-order chi connectivity index (χ1) is 12.6. The molecule has 0 radical (unpaired) electrons. The fourth-order valence-electron chi connectivity index (χ4n) is 2.57. The predicted octanol–water partition coefficient (Wildman–Crippen LogP) is 3.61. The molecule has 2 N–H and O–H groups in total. The Labute approximate surface area is 152 Å². The van der Waals surface area contributed by atoms with E-state index in [1.54, 1.807) is 12.3 Å². The zero-order valence-electron chi connectivity index (χ0n) is 13.8. The van der Waals surface area contributed by atoms with Gasteiger partial charge in [0, 0.05) is 23.6 Å². The summed E-state index contributed by atoms with van der Waals surface area (Å²) in [7, 11) is 0. The van der Waals surface area contributed by atoms with Gasteiger partial charge in [0.25, 0.3) is 11.5 Å². The van der Waals surface area contributed by atoms with Crippen LogP contribution >= 0.6 is 11.3 Å². The van der Waals surface area contributed by atoms with E-state index in [1.165, 1.54) is 23.6 Å². The van der Waals surface area contributed by atoms with Crippen molar-refractivity contribution in [2.45, 2.75) is 6.92 Å². The molecule has 3 heterocycles.